The van der Waals surface area contributed by atoms with Gasteiger partial charge in [0, 0.05) is 12.1 Å². The van der Waals surface area contributed by atoms with Crippen LogP contribution in [0.1, 0.15) is 24.1 Å². The zero-order chi connectivity index (χ0) is 13.0. The topological polar surface area (TPSA) is 81.6 Å². The molecule has 2 aromatic rings. The van der Waals surface area contributed by atoms with Crippen molar-refractivity contribution in [3.8, 4) is 6.07 Å². The maximum Gasteiger partial charge on any atom is 0.252 e. The number of aromatic nitrogens is 2. The molecule has 0 saturated carbocycles. The number of hydrogen-bond donors (Lipinski definition) is 2. The second kappa shape index (κ2) is 5.15. The highest BCUT2D eigenvalue weighted by Gasteiger charge is 2.06. The molecule has 2 rings (SSSR count). The van der Waals surface area contributed by atoms with Crippen molar-refractivity contribution in [1.82, 2.24) is 9.97 Å². The Hall–Kier alpha value is -2.61. The molecule has 1 unspecified atom stereocenters. The van der Waals surface area contributed by atoms with E-state index < -0.39 is 0 Å². The number of nitrogens with zero attached hydrogens (tertiary/aromatic N) is 2. The molecule has 0 fully saturated rings. The summed E-state index contributed by atoms with van der Waals surface area (Å²) in [5, 5.41) is 11.8. The Kier molecular flexibility index (Phi) is 3.39. The van der Waals surface area contributed by atoms with Crippen LogP contribution < -0.4 is 10.9 Å². The zero-order valence-electron chi connectivity index (χ0n) is 9.84. The number of H-pyrrole nitrogens is 1. The summed E-state index contributed by atoms with van der Waals surface area (Å²) in [7, 11) is 0. The van der Waals surface area contributed by atoms with Crippen LogP contribution in [0.2, 0.25) is 0 Å². The predicted molar refractivity (Wildman–Crippen MR) is 68.1 cm³/mol. The van der Waals surface area contributed by atoms with Crippen LogP contribution in [0.3, 0.4) is 0 Å². The molecule has 0 aliphatic rings. The fourth-order valence-corrected chi connectivity index (χ4v) is 1.60. The maximum atomic E-state index is 11.1. The Labute approximate surface area is 104 Å². The van der Waals surface area contributed by atoms with E-state index in [1.165, 1.54) is 12.4 Å². The third-order valence-electron chi connectivity index (χ3n) is 2.58. The highest BCUT2D eigenvalue weighted by atomic mass is 16.1. The van der Waals surface area contributed by atoms with Crippen LogP contribution in [0.5, 0.6) is 0 Å². The van der Waals surface area contributed by atoms with E-state index in [1.807, 2.05) is 19.1 Å². The molecule has 5 nitrogen and oxygen atoms in total. The lowest BCUT2D eigenvalue weighted by atomic mass is 10.1. The van der Waals surface area contributed by atoms with Crippen LogP contribution in [0.25, 0.3) is 0 Å². The van der Waals surface area contributed by atoms with Gasteiger partial charge in [0.15, 0.2) is 0 Å². The first-order valence-corrected chi connectivity index (χ1v) is 5.50. The molecule has 1 aromatic carbocycles. The summed E-state index contributed by atoms with van der Waals surface area (Å²) in [6.45, 7) is 1.96. The van der Waals surface area contributed by atoms with Gasteiger partial charge in [-0.3, -0.25) is 4.79 Å². The molecule has 0 amide bonds. The second-order valence-electron chi connectivity index (χ2n) is 3.90. The standard InChI is InChI=1S/C13H12N4O/c1-9(11-4-2-10(7-14)3-5-11)17-12-6-13(18)16-8-15-12/h2-6,8-9H,1H3,(H2,15,16,17,18). The first-order valence-electron chi connectivity index (χ1n) is 5.50. The number of hydrogen-bond acceptors (Lipinski definition) is 4. The molecule has 1 aromatic heterocycles. The quantitative estimate of drug-likeness (QED) is 0.857. The number of benzene rings is 1. The summed E-state index contributed by atoms with van der Waals surface area (Å²) in [6.07, 6.45) is 1.36. The van der Waals surface area contributed by atoms with Crippen molar-refractivity contribution in [3.05, 3.63) is 58.1 Å². The molecule has 1 heterocycles. The third-order valence-corrected chi connectivity index (χ3v) is 2.58. The highest BCUT2D eigenvalue weighted by molar-refractivity contribution is 5.38. The maximum absolute atomic E-state index is 11.1. The average Bonchev–Trinajstić information content (AvgIpc) is 2.39. The van der Waals surface area contributed by atoms with Crippen molar-refractivity contribution in [2.75, 3.05) is 5.32 Å². The zero-order valence-corrected chi connectivity index (χ0v) is 9.84. The minimum Gasteiger partial charge on any atom is -0.363 e. The van der Waals surface area contributed by atoms with Crippen LogP contribution in [0.4, 0.5) is 5.82 Å². The Balaban J connectivity index is 2.14. The smallest absolute Gasteiger partial charge is 0.252 e. The largest absolute Gasteiger partial charge is 0.363 e. The van der Waals surface area contributed by atoms with Gasteiger partial charge in [-0.15, -0.1) is 0 Å². The summed E-state index contributed by atoms with van der Waals surface area (Å²) in [5.74, 6) is 0.524. The van der Waals surface area contributed by atoms with E-state index in [1.54, 1.807) is 12.1 Å². The van der Waals surface area contributed by atoms with Gasteiger partial charge in [0.05, 0.1) is 18.0 Å². The van der Waals surface area contributed by atoms with E-state index in [2.05, 4.69) is 21.4 Å². The lowest BCUT2D eigenvalue weighted by Crippen LogP contribution is -2.12. The monoisotopic (exact) mass is 240 g/mol. The normalized spacial score (nSPS) is 11.6. The molecule has 0 aliphatic heterocycles. The number of rotatable bonds is 3. The molecule has 2 N–H and O–H groups in total. The van der Waals surface area contributed by atoms with E-state index in [4.69, 9.17) is 5.26 Å². The van der Waals surface area contributed by atoms with Crippen LogP contribution >= 0.6 is 0 Å². The van der Waals surface area contributed by atoms with E-state index in [9.17, 15) is 4.79 Å². The molecule has 0 spiro atoms. The average molecular weight is 240 g/mol. The van der Waals surface area contributed by atoms with Crippen molar-refractivity contribution in [3.63, 3.8) is 0 Å². The third kappa shape index (κ3) is 2.74. The SMILES string of the molecule is CC(Nc1cc(=O)[nH]cn1)c1ccc(C#N)cc1. The van der Waals surface area contributed by atoms with Gasteiger partial charge in [-0.2, -0.15) is 5.26 Å². The van der Waals surface area contributed by atoms with Gasteiger partial charge in [-0.25, -0.2) is 4.98 Å². The van der Waals surface area contributed by atoms with Crippen LogP contribution in [-0.4, -0.2) is 9.97 Å². The highest BCUT2D eigenvalue weighted by Crippen LogP contribution is 2.17. The van der Waals surface area contributed by atoms with E-state index >= 15 is 0 Å². The van der Waals surface area contributed by atoms with Crippen molar-refractivity contribution in [1.29, 1.82) is 5.26 Å². The Bertz CT molecular complexity index is 624. The fraction of sp³-hybridized carbons (Fsp3) is 0.154. The van der Waals surface area contributed by atoms with Crippen LogP contribution in [-0.2, 0) is 0 Å². The molecule has 0 bridgehead atoms. The van der Waals surface area contributed by atoms with Gasteiger partial charge in [0.2, 0.25) is 0 Å². The molecule has 18 heavy (non-hydrogen) atoms. The van der Waals surface area contributed by atoms with Gasteiger partial charge in [0.1, 0.15) is 5.82 Å². The van der Waals surface area contributed by atoms with E-state index in [0.717, 1.165) is 5.56 Å². The summed E-state index contributed by atoms with van der Waals surface area (Å²) in [4.78, 5) is 17.6. The summed E-state index contributed by atoms with van der Waals surface area (Å²) in [5.41, 5.74) is 1.45. The second-order valence-corrected chi connectivity index (χ2v) is 3.90. The van der Waals surface area contributed by atoms with E-state index in [-0.39, 0.29) is 11.6 Å². The molecule has 90 valence electrons. The number of aromatic amines is 1. The Morgan fingerprint density at radius 1 is 1.39 bits per heavy atom. The van der Waals surface area contributed by atoms with Gasteiger partial charge < -0.3 is 10.3 Å². The lowest BCUT2D eigenvalue weighted by molar-refractivity contribution is 0.870. The molecule has 0 saturated heterocycles. The minimum atomic E-state index is -0.195. The molecule has 0 radical (unpaired) electrons. The molecule has 1 atom stereocenters. The summed E-state index contributed by atoms with van der Waals surface area (Å²) >= 11 is 0. The van der Waals surface area contributed by atoms with Gasteiger partial charge in [-0.1, -0.05) is 12.1 Å². The summed E-state index contributed by atoms with van der Waals surface area (Å²) in [6, 6.07) is 10.8. The van der Waals surface area contributed by atoms with Crippen LogP contribution in [0, 0.1) is 11.3 Å². The molecular formula is C13H12N4O. The summed E-state index contributed by atoms with van der Waals surface area (Å²) < 4.78 is 0. The first kappa shape index (κ1) is 11.9. The van der Waals surface area contributed by atoms with Gasteiger partial charge >= 0.3 is 0 Å². The fourth-order valence-electron chi connectivity index (χ4n) is 1.60. The molecule has 5 heteroatoms. The Morgan fingerprint density at radius 2 is 2.11 bits per heavy atom. The van der Waals surface area contributed by atoms with Gasteiger partial charge in [0.25, 0.3) is 5.56 Å². The number of nitrogens with one attached hydrogen (secondary N) is 2. The van der Waals surface area contributed by atoms with Crippen molar-refractivity contribution in [2.45, 2.75) is 13.0 Å². The lowest BCUT2D eigenvalue weighted by Gasteiger charge is -2.14. The predicted octanol–water partition coefficient (Wildman–Crippen LogP) is 1.81. The van der Waals surface area contributed by atoms with Crippen molar-refractivity contribution >= 4 is 5.82 Å². The minimum absolute atomic E-state index is 0.00652. The van der Waals surface area contributed by atoms with Crippen LogP contribution in [0.15, 0.2) is 41.5 Å². The van der Waals surface area contributed by atoms with E-state index in [0.29, 0.717) is 11.4 Å². The first-order chi connectivity index (χ1) is 8.69. The number of anilines is 1. The molecule has 0 aliphatic carbocycles. The van der Waals surface area contributed by atoms with Crippen molar-refractivity contribution < 1.29 is 0 Å². The molecular weight excluding hydrogens is 228 g/mol. The number of nitriles is 1. The Morgan fingerprint density at radius 3 is 2.72 bits per heavy atom. The van der Waals surface area contributed by atoms with Gasteiger partial charge in [-0.05, 0) is 24.6 Å². The van der Waals surface area contributed by atoms with Crippen molar-refractivity contribution in [2.24, 2.45) is 0 Å².